The average molecular weight is 516 g/mol. The number of rotatable bonds is 7. The van der Waals surface area contributed by atoms with Crippen molar-refractivity contribution in [2.75, 3.05) is 11.9 Å². The fraction of sp³-hybridized carbons (Fsp3) is 0.346. The Balaban J connectivity index is 2.49. The molecular weight excluding hydrogens is 486 g/mol. The number of phenolic OH excluding ortho intramolecular Hbond substituents is 1. The van der Waals surface area contributed by atoms with Gasteiger partial charge in [-0.15, -0.1) is 0 Å². The number of ether oxygens (including phenoxy) is 1. The number of para-hydroxylation sites is 1. The summed E-state index contributed by atoms with van der Waals surface area (Å²) in [5.74, 6) is -1.64. The molecule has 2 atom stereocenters. The zero-order chi connectivity index (χ0) is 27.2. The second-order valence-corrected chi connectivity index (χ2v) is 9.50. The van der Waals surface area contributed by atoms with E-state index in [1.54, 1.807) is 52.8 Å². The number of alkyl carbamates (subject to hydrolysis) is 1. The van der Waals surface area contributed by atoms with Gasteiger partial charge in [0.25, 0.3) is 11.8 Å². The first kappa shape index (κ1) is 28.5. The smallest absolute Gasteiger partial charge is 0.408 e. The third-order valence-corrected chi connectivity index (χ3v) is 5.38. The van der Waals surface area contributed by atoms with Gasteiger partial charge >= 0.3 is 6.09 Å². The van der Waals surface area contributed by atoms with Crippen molar-refractivity contribution in [1.82, 2.24) is 10.2 Å². The van der Waals surface area contributed by atoms with Crippen LogP contribution in [0, 0.1) is 26.3 Å². The first-order chi connectivity index (χ1) is 16.8. The quantitative estimate of drug-likeness (QED) is 0.329. The van der Waals surface area contributed by atoms with E-state index >= 15 is 0 Å². The van der Waals surface area contributed by atoms with Gasteiger partial charge in [-0.2, -0.15) is 0 Å². The summed E-state index contributed by atoms with van der Waals surface area (Å²) >= 11 is 6.27. The summed E-state index contributed by atoms with van der Waals surface area (Å²) in [6.07, 6.45) is 4.73. The lowest BCUT2D eigenvalue weighted by Crippen LogP contribution is -2.52. The van der Waals surface area contributed by atoms with Gasteiger partial charge in [0.1, 0.15) is 23.4 Å². The number of aliphatic hydroxyl groups excluding tert-OH is 1. The fourth-order valence-corrected chi connectivity index (χ4v) is 3.59. The topological polar surface area (TPSA) is 128 Å². The molecule has 0 spiro atoms. The van der Waals surface area contributed by atoms with Crippen molar-refractivity contribution in [3.05, 3.63) is 58.1 Å². The standard InChI is InChI=1S/C26H30ClN3O6/c1-7-30(24(34)19(14-31)28-25(35)36-26(4,5)6)22(17-11-12-20(32)16(3)13-17)23(33)29-21-15(2)9-8-10-18(21)27/h1,8-13,19,22,31-32H,14H2,2-6H3,(H,28,35)(H,29,33). The number of hydrogen-bond donors (Lipinski definition) is 4. The molecule has 36 heavy (non-hydrogen) atoms. The molecule has 3 amide bonds. The van der Waals surface area contributed by atoms with E-state index in [-0.39, 0.29) is 16.3 Å². The van der Waals surface area contributed by atoms with E-state index in [0.717, 1.165) is 4.90 Å². The van der Waals surface area contributed by atoms with Crippen molar-refractivity contribution >= 4 is 35.2 Å². The number of aliphatic hydroxyl groups is 1. The van der Waals surface area contributed by atoms with Crippen molar-refractivity contribution in [2.45, 2.75) is 52.3 Å². The number of anilines is 1. The Morgan fingerprint density at radius 1 is 1.17 bits per heavy atom. The van der Waals surface area contributed by atoms with Crippen LogP contribution in [0.25, 0.3) is 0 Å². The van der Waals surface area contributed by atoms with Crippen molar-refractivity contribution in [1.29, 1.82) is 0 Å². The number of carbonyl (C=O) groups is 3. The van der Waals surface area contributed by atoms with Gasteiger partial charge < -0.3 is 25.6 Å². The molecular formula is C26H30ClN3O6. The van der Waals surface area contributed by atoms with E-state index in [1.807, 2.05) is 0 Å². The SMILES string of the molecule is C#CN(C(=O)C(CO)NC(=O)OC(C)(C)C)C(C(=O)Nc1c(C)cccc1Cl)c1ccc(O)c(C)c1. The highest BCUT2D eigenvalue weighted by Crippen LogP contribution is 2.30. The van der Waals surface area contributed by atoms with Crippen LogP contribution in [0.1, 0.15) is 43.5 Å². The minimum Gasteiger partial charge on any atom is -0.508 e. The minimum atomic E-state index is -1.49. The largest absolute Gasteiger partial charge is 0.508 e. The Bertz CT molecular complexity index is 1160. The summed E-state index contributed by atoms with van der Waals surface area (Å²) in [4.78, 5) is 39.9. The molecule has 2 rings (SSSR count). The van der Waals surface area contributed by atoms with Crippen LogP contribution in [0.3, 0.4) is 0 Å². The molecule has 4 N–H and O–H groups in total. The zero-order valence-electron chi connectivity index (χ0n) is 20.8. The third kappa shape index (κ3) is 7.13. The molecule has 0 heterocycles. The predicted molar refractivity (Wildman–Crippen MR) is 136 cm³/mol. The van der Waals surface area contributed by atoms with Crippen molar-refractivity contribution < 1.29 is 29.3 Å². The average Bonchev–Trinajstić information content (AvgIpc) is 2.78. The number of benzene rings is 2. The Kier molecular flexibility index (Phi) is 9.34. The Morgan fingerprint density at radius 2 is 1.83 bits per heavy atom. The molecule has 0 saturated heterocycles. The fourth-order valence-electron chi connectivity index (χ4n) is 3.32. The van der Waals surface area contributed by atoms with Crippen LogP contribution in [0.2, 0.25) is 5.02 Å². The van der Waals surface area contributed by atoms with Crippen LogP contribution in [0.5, 0.6) is 5.75 Å². The Labute approximate surface area is 215 Å². The minimum absolute atomic E-state index is 0.0155. The van der Waals surface area contributed by atoms with Crippen LogP contribution in [-0.2, 0) is 14.3 Å². The maximum atomic E-state index is 13.5. The molecule has 0 aromatic heterocycles. The number of phenols is 1. The van der Waals surface area contributed by atoms with Crippen LogP contribution in [-0.4, -0.2) is 51.3 Å². The van der Waals surface area contributed by atoms with Gasteiger partial charge in [0.05, 0.1) is 17.3 Å². The van der Waals surface area contributed by atoms with Gasteiger partial charge in [-0.1, -0.05) is 36.2 Å². The van der Waals surface area contributed by atoms with E-state index in [0.29, 0.717) is 16.8 Å². The molecule has 2 unspecified atom stereocenters. The molecule has 10 heteroatoms. The summed E-state index contributed by atoms with van der Waals surface area (Å²) in [7, 11) is 0. The van der Waals surface area contributed by atoms with Gasteiger partial charge in [-0.05, 0) is 69.5 Å². The van der Waals surface area contributed by atoms with Crippen molar-refractivity contribution in [3.63, 3.8) is 0 Å². The number of amides is 3. The summed E-state index contributed by atoms with van der Waals surface area (Å²) in [6.45, 7) is 7.48. The summed E-state index contributed by atoms with van der Waals surface area (Å²) in [6, 6.07) is 8.69. The number of nitrogens with one attached hydrogen (secondary N) is 2. The van der Waals surface area contributed by atoms with Crippen LogP contribution in [0.4, 0.5) is 10.5 Å². The summed E-state index contributed by atoms with van der Waals surface area (Å²) in [5.41, 5.74) is 0.883. The lowest BCUT2D eigenvalue weighted by atomic mass is 10.0. The van der Waals surface area contributed by atoms with Crippen molar-refractivity contribution in [3.8, 4) is 18.2 Å². The number of terminal acetylenes is 1. The van der Waals surface area contributed by atoms with Crippen LogP contribution >= 0.6 is 11.6 Å². The maximum absolute atomic E-state index is 13.5. The number of nitrogens with zero attached hydrogens (tertiary/aromatic N) is 1. The van der Waals surface area contributed by atoms with E-state index in [2.05, 4.69) is 16.7 Å². The van der Waals surface area contributed by atoms with Crippen LogP contribution in [0.15, 0.2) is 36.4 Å². The third-order valence-electron chi connectivity index (χ3n) is 5.06. The van der Waals surface area contributed by atoms with E-state index in [1.165, 1.54) is 18.2 Å². The monoisotopic (exact) mass is 515 g/mol. The summed E-state index contributed by atoms with van der Waals surface area (Å²) in [5, 5.41) is 25.1. The highest BCUT2D eigenvalue weighted by atomic mass is 35.5. The highest BCUT2D eigenvalue weighted by molar-refractivity contribution is 6.34. The molecule has 0 aliphatic carbocycles. The first-order valence-corrected chi connectivity index (χ1v) is 11.4. The predicted octanol–water partition coefficient (Wildman–Crippen LogP) is 3.65. The Morgan fingerprint density at radius 3 is 2.36 bits per heavy atom. The lowest BCUT2D eigenvalue weighted by molar-refractivity contribution is -0.137. The van der Waals surface area contributed by atoms with Gasteiger partial charge in [-0.25, -0.2) is 4.79 Å². The molecule has 192 valence electrons. The molecule has 0 fully saturated rings. The molecule has 2 aromatic rings. The molecule has 9 nitrogen and oxygen atoms in total. The number of carbonyl (C=O) groups excluding carboxylic acids is 3. The maximum Gasteiger partial charge on any atom is 0.408 e. The van der Waals surface area contributed by atoms with E-state index in [4.69, 9.17) is 22.8 Å². The number of aromatic hydroxyl groups is 1. The highest BCUT2D eigenvalue weighted by Gasteiger charge is 2.36. The van der Waals surface area contributed by atoms with Gasteiger partial charge in [-0.3, -0.25) is 14.5 Å². The Hall–Kier alpha value is -3.74. The second kappa shape index (κ2) is 11.8. The van der Waals surface area contributed by atoms with Crippen LogP contribution < -0.4 is 10.6 Å². The summed E-state index contributed by atoms with van der Waals surface area (Å²) < 4.78 is 5.16. The molecule has 0 aliphatic rings. The van der Waals surface area contributed by atoms with E-state index < -0.39 is 42.2 Å². The zero-order valence-corrected chi connectivity index (χ0v) is 21.5. The number of aryl methyl sites for hydroxylation is 2. The number of hydrogen-bond acceptors (Lipinski definition) is 6. The van der Waals surface area contributed by atoms with E-state index in [9.17, 15) is 24.6 Å². The van der Waals surface area contributed by atoms with Crippen molar-refractivity contribution in [2.24, 2.45) is 0 Å². The number of halogens is 1. The van der Waals surface area contributed by atoms with Gasteiger partial charge in [0, 0.05) is 6.04 Å². The lowest BCUT2D eigenvalue weighted by Gasteiger charge is -2.30. The molecule has 0 aliphatic heterocycles. The molecule has 0 saturated carbocycles. The van der Waals surface area contributed by atoms with Gasteiger partial charge in [0.2, 0.25) is 0 Å². The molecule has 0 radical (unpaired) electrons. The molecule has 2 aromatic carbocycles. The van der Waals surface area contributed by atoms with Gasteiger partial charge in [0.15, 0.2) is 0 Å². The normalized spacial score (nSPS) is 12.6. The molecule has 0 bridgehead atoms. The first-order valence-electron chi connectivity index (χ1n) is 11.0. The second-order valence-electron chi connectivity index (χ2n) is 9.09.